The number of nitrogens with zero attached hydrogens (tertiary/aromatic N) is 3. The maximum absolute atomic E-state index is 5.92. The highest BCUT2D eigenvalue weighted by atomic mass is 32.1. The highest BCUT2D eigenvalue weighted by molar-refractivity contribution is 7.18. The van der Waals surface area contributed by atoms with Gasteiger partial charge in [-0.15, -0.1) is 11.3 Å². The van der Waals surface area contributed by atoms with Crippen molar-refractivity contribution in [2.75, 3.05) is 17.2 Å². The predicted octanol–water partition coefficient (Wildman–Crippen LogP) is 3.46. The summed E-state index contributed by atoms with van der Waals surface area (Å²) in [7, 11) is 0. The molecule has 1 fully saturated rings. The normalized spacial score (nSPS) is 19.4. The molecule has 0 bridgehead atoms. The summed E-state index contributed by atoms with van der Waals surface area (Å²) in [5, 5.41) is 1.17. The Kier molecular flexibility index (Phi) is 3.54. The van der Waals surface area contributed by atoms with Crippen molar-refractivity contribution in [1.29, 1.82) is 0 Å². The highest BCUT2D eigenvalue weighted by Crippen LogP contribution is 2.36. The van der Waals surface area contributed by atoms with E-state index in [2.05, 4.69) is 41.7 Å². The Morgan fingerprint density at radius 3 is 2.95 bits per heavy atom. The third-order valence-corrected chi connectivity index (χ3v) is 5.30. The molecule has 1 aliphatic heterocycles. The topological polar surface area (TPSA) is 55.0 Å². The first-order chi connectivity index (χ1) is 9.60. The molecule has 2 N–H and O–H groups in total. The molecule has 2 aromatic rings. The second-order valence-electron chi connectivity index (χ2n) is 5.84. The maximum Gasteiger partial charge on any atom is 0.223 e. The first-order valence-electron chi connectivity index (χ1n) is 7.42. The Labute approximate surface area is 124 Å². The van der Waals surface area contributed by atoms with Crippen LogP contribution in [0.2, 0.25) is 0 Å². The summed E-state index contributed by atoms with van der Waals surface area (Å²) >= 11 is 1.74. The van der Waals surface area contributed by atoms with Crippen LogP contribution in [0.4, 0.5) is 11.8 Å². The molecule has 4 nitrogen and oxygen atoms in total. The third kappa shape index (κ3) is 2.24. The zero-order valence-electron chi connectivity index (χ0n) is 12.4. The van der Waals surface area contributed by atoms with E-state index in [1.807, 2.05) is 0 Å². The fourth-order valence-corrected chi connectivity index (χ4v) is 4.08. The minimum atomic E-state index is 0.395. The van der Waals surface area contributed by atoms with Crippen LogP contribution in [-0.4, -0.2) is 22.6 Å². The van der Waals surface area contributed by atoms with Crippen LogP contribution in [0.25, 0.3) is 10.2 Å². The average molecular weight is 290 g/mol. The number of hydrogen-bond donors (Lipinski definition) is 1. The fourth-order valence-electron chi connectivity index (χ4n) is 3.11. The summed E-state index contributed by atoms with van der Waals surface area (Å²) in [6, 6.07) is 2.81. The number of anilines is 2. The molecule has 3 rings (SSSR count). The van der Waals surface area contributed by atoms with Crippen LogP contribution in [0.3, 0.4) is 0 Å². The van der Waals surface area contributed by atoms with Gasteiger partial charge in [0.1, 0.15) is 10.6 Å². The Morgan fingerprint density at radius 1 is 1.45 bits per heavy atom. The van der Waals surface area contributed by atoms with E-state index in [1.165, 1.54) is 23.1 Å². The number of fused-ring (bicyclic) bond motifs is 1. The van der Waals surface area contributed by atoms with Crippen LogP contribution >= 0.6 is 11.3 Å². The summed E-state index contributed by atoms with van der Waals surface area (Å²) in [5.74, 6) is 2.07. The van der Waals surface area contributed by atoms with Crippen molar-refractivity contribution in [2.45, 2.75) is 46.1 Å². The molecule has 1 saturated heterocycles. The van der Waals surface area contributed by atoms with Crippen LogP contribution in [0.5, 0.6) is 0 Å². The molecule has 2 aromatic heterocycles. The minimum absolute atomic E-state index is 0.395. The first-order valence-corrected chi connectivity index (χ1v) is 8.24. The van der Waals surface area contributed by atoms with Gasteiger partial charge in [0.25, 0.3) is 0 Å². The summed E-state index contributed by atoms with van der Waals surface area (Å²) < 4.78 is 0. The molecular formula is C15H22N4S. The van der Waals surface area contributed by atoms with E-state index in [0.29, 0.717) is 17.9 Å². The maximum atomic E-state index is 5.92. The molecule has 3 heterocycles. The fraction of sp³-hybridized carbons (Fsp3) is 0.600. The van der Waals surface area contributed by atoms with E-state index in [4.69, 9.17) is 5.73 Å². The number of hydrogen-bond acceptors (Lipinski definition) is 5. The second-order valence-corrected chi connectivity index (χ2v) is 6.95. The van der Waals surface area contributed by atoms with Crippen LogP contribution in [0, 0.1) is 5.92 Å². The molecule has 108 valence electrons. The van der Waals surface area contributed by atoms with Crippen molar-refractivity contribution >= 4 is 33.3 Å². The van der Waals surface area contributed by atoms with E-state index < -0.39 is 0 Å². The Morgan fingerprint density at radius 2 is 2.25 bits per heavy atom. The molecule has 1 unspecified atom stereocenters. The SMILES string of the molecule is CCc1cc2c(N3CCCC3C(C)C)nc(N)nc2s1. The molecule has 0 amide bonds. The lowest BCUT2D eigenvalue weighted by Crippen LogP contribution is -2.34. The molecule has 1 aliphatic rings. The van der Waals surface area contributed by atoms with Gasteiger partial charge < -0.3 is 10.6 Å². The number of thiophene rings is 1. The van der Waals surface area contributed by atoms with Gasteiger partial charge in [-0.3, -0.25) is 0 Å². The number of rotatable bonds is 3. The summed E-state index contributed by atoms with van der Waals surface area (Å²) in [5.41, 5.74) is 5.92. The average Bonchev–Trinajstić information content (AvgIpc) is 3.03. The van der Waals surface area contributed by atoms with Crippen molar-refractivity contribution in [1.82, 2.24) is 9.97 Å². The molecule has 0 aliphatic carbocycles. The van der Waals surface area contributed by atoms with Crippen molar-refractivity contribution in [3.63, 3.8) is 0 Å². The minimum Gasteiger partial charge on any atom is -0.368 e. The van der Waals surface area contributed by atoms with Crippen molar-refractivity contribution in [3.8, 4) is 0 Å². The second kappa shape index (κ2) is 5.20. The van der Waals surface area contributed by atoms with Gasteiger partial charge in [0.05, 0.1) is 5.39 Å². The Hall–Kier alpha value is -1.36. The molecule has 0 spiro atoms. The zero-order chi connectivity index (χ0) is 14.3. The number of aromatic nitrogens is 2. The molecule has 0 radical (unpaired) electrons. The quantitative estimate of drug-likeness (QED) is 0.940. The molecule has 1 atom stereocenters. The van der Waals surface area contributed by atoms with Gasteiger partial charge in [-0.2, -0.15) is 4.98 Å². The number of aryl methyl sites for hydroxylation is 1. The lowest BCUT2D eigenvalue weighted by atomic mass is 10.0. The number of nitrogen functional groups attached to an aromatic ring is 1. The molecule has 20 heavy (non-hydrogen) atoms. The highest BCUT2D eigenvalue weighted by Gasteiger charge is 2.30. The van der Waals surface area contributed by atoms with Gasteiger partial charge in [0.2, 0.25) is 5.95 Å². The smallest absolute Gasteiger partial charge is 0.223 e. The Bertz CT molecular complexity index is 620. The van der Waals surface area contributed by atoms with E-state index >= 15 is 0 Å². The van der Waals surface area contributed by atoms with Crippen molar-refractivity contribution in [3.05, 3.63) is 10.9 Å². The van der Waals surface area contributed by atoms with E-state index in [-0.39, 0.29) is 0 Å². The van der Waals surface area contributed by atoms with Gasteiger partial charge in [0.15, 0.2) is 0 Å². The van der Waals surface area contributed by atoms with Crippen LogP contribution in [-0.2, 0) is 6.42 Å². The molecule has 5 heteroatoms. The monoisotopic (exact) mass is 290 g/mol. The van der Waals surface area contributed by atoms with Gasteiger partial charge in [-0.25, -0.2) is 4.98 Å². The number of nitrogens with two attached hydrogens (primary N) is 1. The van der Waals surface area contributed by atoms with Gasteiger partial charge in [-0.05, 0) is 31.2 Å². The summed E-state index contributed by atoms with van der Waals surface area (Å²) in [6.07, 6.45) is 3.51. The third-order valence-electron chi connectivity index (χ3n) is 4.13. The first kappa shape index (κ1) is 13.6. The van der Waals surface area contributed by atoms with E-state index in [0.717, 1.165) is 23.6 Å². The summed E-state index contributed by atoms with van der Waals surface area (Å²) in [6.45, 7) is 7.82. The predicted molar refractivity (Wildman–Crippen MR) is 86.4 cm³/mol. The standard InChI is InChI=1S/C15H22N4S/c1-4-10-8-11-13(17-15(16)18-14(11)20-10)19-7-5-6-12(19)9(2)3/h8-9,12H,4-7H2,1-3H3,(H2,16,17,18). The Balaban J connectivity index is 2.12. The largest absolute Gasteiger partial charge is 0.368 e. The van der Waals surface area contributed by atoms with Crippen LogP contribution in [0.1, 0.15) is 38.5 Å². The van der Waals surface area contributed by atoms with Gasteiger partial charge >= 0.3 is 0 Å². The molecule has 0 aromatic carbocycles. The lowest BCUT2D eigenvalue weighted by molar-refractivity contribution is 0.490. The van der Waals surface area contributed by atoms with Crippen LogP contribution in [0.15, 0.2) is 6.07 Å². The van der Waals surface area contributed by atoms with Gasteiger partial charge in [0, 0.05) is 17.5 Å². The molecular weight excluding hydrogens is 268 g/mol. The van der Waals surface area contributed by atoms with Gasteiger partial charge in [-0.1, -0.05) is 20.8 Å². The van der Waals surface area contributed by atoms with E-state index in [9.17, 15) is 0 Å². The van der Waals surface area contributed by atoms with Crippen molar-refractivity contribution in [2.24, 2.45) is 5.92 Å². The lowest BCUT2D eigenvalue weighted by Gasteiger charge is -2.29. The van der Waals surface area contributed by atoms with E-state index in [1.54, 1.807) is 11.3 Å². The van der Waals surface area contributed by atoms with Crippen LogP contribution < -0.4 is 10.6 Å². The van der Waals surface area contributed by atoms with Crippen molar-refractivity contribution < 1.29 is 0 Å². The zero-order valence-corrected chi connectivity index (χ0v) is 13.2. The summed E-state index contributed by atoms with van der Waals surface area (Å²) in [4.78, 5) is 13.8. The molecule has 0 saturated carbocycles.